The van der Waals surface area contributed by atoms with Gasteiger partial charge in [0.15, 0.2) is 9.84 Å². The second-order valence-electron chi connectivity index (χ2n) is 3.61. The van der Waals surface area contributed by atoms with Gasteiger partial charge in [-0.25, -0.2) is 8.42 Å². The Labute approximate surface area is 77.2 Å². The maximum absolute atomic E-state index is 11.5. The van der Waals surface area contributed by atoms with Crippen LogP contribution in [0.2, 0.25) is 0 Å². The number of cyclic esters (lactones) is 1. The van der Waals surface area contributed by atoms with Gasteiger partial charge in [-0.05, 0) is 19.3 Å². The van der Waals surface area contributed by atoms with E-state index < -0.39 is 15.1 Å². The van der Waals surface area contributed by atoms with E-state index in [0.717, 1.165) is 0 Å². The van der Waals surface area contributed by atoms with E-state index >= 15 is 0 Å². The van der Waals surface area contributed by atoms with Gasteiger partial charge >= 0.3 is 5.97 Å². The maximum Gasteiger partial charge on any atom is 0.306 e. The average molecular weight is 204 g/mol. The molecule has 2 rings (SSSR count). The first-order chi connectivity index (χ1) is 6.09. The molecular weight excluding hydrogens is 192 g/mol. The van der Waals surface area contributed by atoms with Crippen molar-refractivity contribution in [3.8, 4) is 0 Å². The normalized spacial score (nSPS) is 37.7. The molecule has 0 aromatic heterocycles. The van der Waals surface area contributed by atoms with Crippen LogP contribution < -0.4 is 0 Å². The summed E-state index contributed by atoms with van der Waals surface area (Å²) in [6, 6.07) is 0. The van der Waals surface area contributed by atoms with E-state index in [1.165, 1.54) is 0 Å². The molecule has 0 aromatic carbocycles. The molecule has 0 radical (unpaired) electrons. The molecule has 0 amide bonds. The Morgan fingerprint density at radius 1 is 1.31 bits per heavy atom. The molecule has 0 bridgehead atoms. The topological polar surface area (TPSA) is 60.4 Å². The van der Waals surface area contributed by atoms with Crippen LogP contribution in [0.4, 0.5) is 0 Å². The van der Waals surface area contributed by atoms with E-state index in [0.29, 0.717) is 25.7 Å². The van der Waals surface area contributed by atoms with Gasteiger partial charge in [0, 0.05) is 6.42 Å². The van der Waals surface area contributed by atoms with Gasteiger partial charge in [0.25, 0.3) is 0 Å². The predicted molar refractivity (Wildman–Crippen MR) is 45.9 cm³/mol. The third kappa shape index (κ3) is 1.57. The highest BCUT2D eigenvalue weighted by Gasteiger charge is 2.42. The minimum absolute atomic E-state index is 0.256. The van der Waals surface area contributed by atoms with Gasteiger partial charge in [0.05, 0.1) is 11.0 Å². The van der Waals surface area contributed by atoms with Crippen molar-refractivity contribution < 1.29 is 17.9 Å². The van der Waals surface area contributed by atoms with Gasteiger partial charge in [-0.15, -0.1) is 0 Å². The third-order valence-corrected chi connectivity index (χ3v) is 5.03. The van der Waals surface area contributed by atoms with Crippen LogP contribution in [-0.4, -0.2) is 31.5 Å². The molecule has 2 unspecified atom stereocenters. The molecule has 2 atom stereocenters. The molecular formula is C8H12O4S. The summed E-state index contributed by atoms with van der Waals surface area (Å²) in [5.74, 6) is -0.00164. The summed E-state index contributed by atoms with van der Waals surface area (Å²) in [5, 5.41) is -0.418. The van der Waals surface area contributed by atoms with Crippen LogP contribution in [0.15, 0.2) is 0 Å². The van der Waals surface area contributed by atoms with Gasteiger partial charge in [0.2, 0.25) is 0 Å². The SMILES string of the molecule is O=C1CCC(C2CCCS2(=O)=O)O1. The van der Waals surface area contributed by atoms with Crippen LogP contribution in [-0.2, 0) is 19.4 Å². The number of hydrogen-bond donors (Lipinski definition) is 0. The van der Waals surface area contributed by atoms with Crippen molar-refractivity contribution in [3.05, 3.63) is 0 Å². The molecule has 2 fully saturated rings. The molecule has 0 aromatic rings. The lowest BCUT2D eigenvalue weighted by atomic mass is 10.1. The number of ether oxygens (including phenoxy) is 1. The Bertz CT molecular complexity index is 319. The fourth-order valence-corrected chi connectivity index (χ4v) is 4.09. The molecule has 2 heterocycles. The Morgan fingerprint density at radius 3 is 2.54 bits per heavy atom. The number of hydrogen-bond acceptors (Lipinski definition) is 4. The van der Waals surface area contributed by atoms with Crippen LogP contribution in [0.5, 0.6) is 0 Å². The molecule has 4 nitrogen and oxygen atoms in total. The van der Waals surface area contributed by atoms with Crippen molar-refractivity contribution in [3.63, 3.8) is 0 Å². The van der Waals surface area contributed by atoms with E-state index in [1.54, 1.807) is 0 Å². The van der Waals surface area contributed by atoms with Crippen molar-refractivity contribution in [2.45, 2.75) is 37.0 Å². The standard InChI is InChI=1S/C8H12O4S/c9-8-4-3-6(12-8)7-2-1-5-13(7,10)11/h6-7H,1-5H2. The molecule has 13 heavy (non-hydrogen) atoms. The predicted octanol–water partition coefficient (Wildman–Crippen LogP) is 0.269. The first kappa shape index (κ1) is 8.99. The highest BCUT2D eigenvalue weighted by molar-refractivity contribution is 7.92. The zero-order valence-corrected chi connectivity index (χ0v) is 8.05. The smallest absolute Gasteiger partial charge is 0.306 e. The first-order valence-corrected chi connectivity index (χ1v) is 6.22. The van der Waals surface area contributed by atoms with E-state index in [2.05, 4.69) is 0 Å². The van der Waals surface area contributed by atoms with Gasteiger partial charge < -0.3 is 4.74 Å². The van der Waals surface area contributed by atoms with Crippen LogP contribution >= 0.6 is 0 Å². The lowest BCUT2D eigenvalue weighted by molar-refractivity contribution is -0.141. The highest BCUT2D eigenvalue weighted by atomic mass is 32.2. The maximum atomic E-state index is 11.5. The molecule has 0 saturated carbocycles. The third-order valence-electron chi connectivity index (χ3n) is 2.71. The summed E-state index contributed by atoms with van der Waals surface area (Å²) in [5.41, 5.74) is 0. The van der Waals surface area contributed by atoms with Crippen molar-refractivity contribution in [2.24, 2.45) is 0 Å². The van der Waals surface area contributed by atoms with Gasteiger partial charge in [-0.2, -0.15) is 0 Å². The molecule has 0 N–H and O–H groups in total. The van der Waals surface area contributed by atoms with Gasteiger partial charge in [0.1, 0.15) is 6.10 Å². The summed E-state index contributed by atoms with van der Waals surface area (Å²) in [6.07, 6.45) is 1.95. The summed E-state index contributed by atoms with van der Waals surface area (Å²) < 4.78 is 27.9. The molecule has 74 valence electrons. The number of esters is 1. The number of carbonyl (C=O) groups is 1. The van der Waals surface area contributed by atoms with Crippen molar-refractivity contribution >= 4 is 15.8 Å². The Morgan fingerprint density at radius 2 is 2.08 bits per heavy atom. The fourth-order valence-electron chi connectivity index (χ4n) is 2.04. The molecule has 2 aliphatic heterocycles. The zero-order valence-electron chi connectivity index (χ0n) is 7.23. The van der Waals surface area contributed by atoms with Crippen molar-refractivity contribution in [1.82, 2.24) is 0 Å². The number of sulfone groups is 1. The summed E-state index contributed by atoms with van der Waals surface area (Å²) in [6.45, 7) is 0. The minimum atomic E-state index is -2.97. The fraction of sp³-hybridized carbons (Fsp3) is 0.875. The molecule has 2 saturated heterocycles. The van der Waals surface area contributed by atoms with E-state index in [4.69, 9.17) is 4.74 Å². The van der Waals surface area contributed by atoms with E-state index in [1.807, 2.05) is 0 Å². The minimum Gasteiger partial charge on any atom is -0.461 e. The van der Waals surface area contributed by atoms with Crippen LogP contribution in [0, 0.1) is 0 Å². The number of rotatable bonds is 1. The molecule has 2 aliphatic rings. The van der Waals surface area contributed by atoms with Crippen LogP contribution in [0.1, 0.15) is 25.7 Å². The second kappa shape index (κ2) is 2.97. The molecule has 0 aliphatic carbocycles. The second-order valence-corrected chi connectivity index (χ2v) is 5.95. The summed E-state index contributed by atoms with van der Waals surface area (Å²) >= 11 is 0. The van der Waals surface area contributed by atoms with Crippen LogP contribution in [0.25, 0.3) is 0 Å². The zero-order chi connectivity index (χ0) is 9.47. The highest BCUT2D eigenvalue weighted by Crippen LogP contribution is 2.30. The van der Waals surface area contributed by atoms with Crippen molar-refractivity contribution in [1.29, 1.82) is 0 Å². The quantitative estimate of drug-likeness (QED) is 0.575. The Hall–Kier alpha value is -0.580. The van der Waals surface area contributed by atoms with E-state index in [9.17, 15) is 13.2 Å². The first-order valence-electron chi connectivity index (χ1n) is 4.51. The monoisotopic (exact) mass is 204 g/mol. The Kier molecular flexibility index (Phi) is 2.06. The largest absolute Gasteiger partial charge is 0.461 e. The summed E-state index contributed by atoms with van der Waals surface area (Å²) in [4.78, 5) is 10.8. The van der Waals surface area contributed by atoms with Crippen molar-refractivity contribution in [2.75, 3.05) is 5.75 Å². The lowest BCUT2D eigenvalue weighted by Gasteiger charge is -2.15. The van der Waals surface area contributed by atoms with Gasteiger partial charge in [-0.3, -0.25) is 4.79 Å². The lowest BCUT2D eigenvalue weighted by Crippen LogP contribution is -2.30. The van der Waals surface area contributed by atoms with E-state index in [-0.39, 0.29) is 17.8 Å². The average Bonchev–Trinajstić information content (AvgIpc) is 2.56. The Balaban J connectivity index is 2.13. The molecule has 5 heteroatoms. The summed E-state index contributed by atoms with van der Waals surface area (Å²) in [7, 11) is -2.97. The van der Waals surface area contributed by atoms with Crippen LogP contribution in [0.3, 0.4) is 0 Å². The molecule has 0 spiro atoms. The van der Waals surface area contributed by atoms with Gasteiger partial charge in [-0.1, -0.05) is 0 Å². The number of carbonyl (C=O) groups excluding carboxylic acids is 1.